The van der Waals surface area contributed by atoms with Gasteiger partial charge >= 0.3 is 0 Å². The van der Waals surface area contributed by atoms with Crippen molar-refractivity contribution in [3.63, 3.8) is 0 Å². The molecule has 1 amide bonds. The van der Waals surface area contributed by atoms with Crippen molar-refractivity contribution in [1.29, 1.82) is 0 Å². The summed E-state index contributed by atoms with van der Waals surface area (Å²) in [4.78, 5) is 12.1. The predicted molar refractivity (Wildman–Crippen MR) is 76.3 cm³/mol. The molecule has 0 radical (unpaired) electrons. The summed E-state index contributed by atoms with van der Waals surface area (Å²) in [6, 6.07) is 0. The molecule has 0 saturated carbocycles. The van der Waals surface area contributed by atoms with Crippen LogP contribution in [0.25, 0.3) is 0 Å². The predicted octanol–water partition coefficient (Wildman–Crippen LogP) is 0.500. The summed E-state index contributed by atoms with van der Waals surface area (Å²) >= 11 is 0. The van der Waals surface area contributed by atoms with E-state index in [0.29, 0.717) is 30.9 Å². The molecule has 0 aliphatic heterocycles. The lowest BCUT2D eigenvalue weighted by Gasteiger charge is -2.06. The van der Waals surface area contributed by atoms with Gasteiger partial charge in [-0.3, -0.25) is 14.2 Å². The van der Waals surface area contributed by atoms with Crippen molar-refractivity contribution in [3.8, 4) is 0 Å². The fourth-order valence-corrected chi connectivity index (χ4v) is 2.08. The number of aromatic nitrogens is 4. The van der Waals surface area contributed by atoms with E-state index in [4.69, 9.17) is 5.73 Å². The Hall–Kier alpha value is -2.31. The van der Waals surface area contributed by atoms with E-state index in [0.717, 1.165) is 11.3 Å². The van der Waals surface area contributed by atoms with Crippen molar-refractivity contribution < 1.29 is 4.79 Å². The Labute approximate surface area is 117 Å². The van der Waals surface area contributed by atoms with Gasteiger partial charge in [0.2, 0.25) is 0 Å². The second-order valence-electron chi connectivity index (χ2n) is 4.72. The topological polar surface area (TPSA) is 90.8 Å². The molecule has 7 nitrogen and oxygen atoms in total. The third kappa shape index (κ3) is 2.81. The van der Waals surface area contributed by atoms with Crippen LogP contribution in [0.1, 0.15) is 28.7 Å². The summed E-state index contributed by atoms with van der Waals surface area (Å²) < 4.78 is 3.32. The quantitative estimate of drug-likeness (QED) is 0.832. The van der Waals surface area contributed by atoms with Crippen LogP contribution in [0.4, 0.5) is 5.69 Å². The zero-order chi connectivity index (χ0) is 14.7. The number of nitrogen functional groups attached to an aromatic ring is 1. The van der Waals surface area contributed by atoms with Crippen LogP contribution in [0.5, 0.6) is 0 Å². The summed E-state index contributed by atoms with van der Waals surface area (Å²) in [5, 5.41) is 11.2. The van der Waals surface area contributed by atoms with Gasteiger partial charge < -0.3 is 11.1 Å². The second kappa shape index (κ2) is 5.77. The molecule has 0 aliphatic rings. The number of carbonyl (C=O) groups is 1. The van der Waals surface area contributed by atoms with Gasteiger partial charge in [0.15, 0.2) is 0 Å². The van der Waals surface area contributed by atoms with Gasteiger partial charge in [-0.2, -0.15) is 10.2 Å². The lowest BCUT2D eigenvalue weighted by atomic mass is 10.2. The first kappa shape index (κ1) is 14.1. The molecule has 2 aromatic heterocycles. The molecule has 20 heavy (non-hydrogen) atoms. The van der Waals surface area contributed by atoms with E-state index in [1.807, 2.05) is 20.0 Å². The van der Waals surface area contributed by atoms with Crippen molar-refractivity contribution in [3.05, 3.63) is 29.3 Å². The number of hydrogen-bond donors (Lipinski definition) is 2. The van der Waals surface area contributed by atoms with Crippen LogP contribution in [0.2, 0.25) is 0 Å². The highest BCUT2D eigenvalue weighted by Crippen LogP contribution is 2.16. The molecule has 0 aromatic carbocycles. The van der Waals surface area contributed by atoms with E-state index < -0.39 is 0 Å². The van der Waals surface area contributed by atoms with Gasteiger partial charge in [0, 0.05) is 19.8 Å². The second-order valence-corrected chi connectivity index (χ2v) is 4.72. The van der Waals surface area contributed by atoms with Crippen molar-refractivity contribution in [2.24, 2.45) is 7.05 Å². The van der Waals surface area contributed by atoms with Gasteiger partial charge in [-0.15, -0.1) is 0 Å². The van der Waals surface area contributed by atoms with Crippen LogP contribution >= 0.6 is 0 Å². The number of amides is 1. The minimum absolute atomic E-state index is 0.207. The maximum atomic E-state index is 12.1. The molecule has 7 heteroatoms. The summed E-state index contributed by atoms with van der Waals surface area (Å²) in [5.41, 5.74) is 8.66. The summed E-state index contributed by atoms with van der Waals surface area (Å²) in [7, 11) is 1.72. The Balaban J connectivity index is 1.97. The molecular weight excluding hydrogens is 256 g/mol. The number of carbonyl (C=O) groups excluding carboxylic acids is 1. The van der Waals surface area contributed by atoms with E-state index in [2.05, 4.69) is 15.5 Å². The highest BCUT2D eigenvalue weighted by Gasteiger charge is 2.18. The van der Waals surface area contributed by atoms with E-state index >= 15 is 0 Å². The van der Waals surface area contributed by atoms with Gasteiger partial charge in [0.1, 0.15) is 5.69 Å². The van der Waals surface area contributed by atoms with Crippen molar-refractivity contribution in [2.75, 3.05) is 12.3 Å². The molecule has 0 fully saturated rings. The zero-order valence-corrected chi connectivity index (χ0v) is 12.1. The van der Waals surface area contributed by atoms with Crippen molar-refractivity contribution >= 4 is 11.6 Å². The molecule has 3 N–H and O–H groups in total. The molecule has 0 saturated heterocycles. The Morgan fingerprint density at radius 1 is 1.50 bits per heavy atom. The molecule has 0 spiro atoms. The Morgan fingerprint density at radius 3 is 2.80 bits per heavy atom. The van der Waals surface area contributed by atoms with Crippen molar-refractivity contribution in [2.45, 2.75) is 26.8 Å². The average molecular weight is 276 g/mol. The van der Waals surface area contributed by atoms with Crippen LogP contribution in [-0.2, 0) is 20.0 Å². The van der Waals surface area contributed by atoms with Crippen LogP contribution < -0.4 is 11.1 Å². The van der Waals surface area contributed by atoms with E-state index in [1.54, 1.807) is 17.9 Å². The molecule has 2 rings (SSSR count). The molecule has 0 unspecified atom stereocenters. The van der Waals surface area contributed by atoms with Crippen molar-refractivity contribution in [1.82, 2.24) is 24.9 Å². The number of aryl methyl sites for hydroxylation is 3. The van der Waals surface area contributed by atoms with E-state index in [1.165, 1.54) is 4.68 Å². The van der Waals surface area contributed by atoms with Gasteiger partial charge in [-0.25, -0.2) is 0 Å². The molecule has 0 bridgehead atoms. The first-order valence-corrected chi connectivity index (χ1v) is 6.61. The van der Waals surface area contributed by atoms with Crippen LogP contribution in [0.15, 0.2) is 12.4 Å². The number of nitrogens with zero attached hydrogens (tertiary/aromatic N) is 4. The third-order valence-electron chi connectivity index (χ3n) is 3.10. The summed E-state index contributed by atoms with van der Waals surface area (Å²) in [6.07, 6.45) is 4.42. The van der Waals surface area contributed by atoms with Gasteiger partial charge in [0.25, 0.3) is 5.91 Å². The zero-order valence-electron chi connectivity index (χ0n) is 12.1. The fraction of sp³-hybridized carbons (Fsp3) is 0.462. The smallest absolute Gasteiger partial charge is 0.271 e. The van der Waals surface area contributed by atoms with Gasteiger partial charge in [-0.05, 0) is 18.9 Å². The average Bonchev–Trinajstić information content (AvgIpc) is 2.93. The van der Waals surface area contributed by atoms with Gasteiger partial charge in [-0.1, -0.05) is 6.92 Å². The molecular formula is C13H20N6O. The molecule has 108 valence electrons. The van der Waals surface area contributed by atoms with Gasteiger partial charge in [0.05, 0.1) is 24.1 Å². The van der Waals surface area contributed by atoms with Crippen LogP contribution in [0.3, 0.4) is 0 Å². The number of anilines is 1. The molecule has 0 atom stereocenters. The standard InChI is InChI=1S/C13H20N6O/c1-4-10-11(14)12(18(3)17-10)13(20)15-5-6-19-8-9(2)7-16-19/h7-8H,4-6,14H2,1-3H3,(H,15,20). The number of rotatable bonds is 5. The maximum Gasteiger partial charge on any atom is 0.271 e. The largest absolute Gasteiger partial charge is 0.395 e. The number of nitrogens with two attached hydrogens (primary N) is 1. The minimum atomic E-state index is -0.207. The first-order valence-electron chi connectivity index (χ1n) is 6.61. The number of hydrogen-bond acceptors (Lipinski definition) is 4. The van der Waals surface area contributed by atoms with Crippen LogP contribution in [0, 0.1) is 6.92 Å². The first-order chi connectivity index (χ1) is 9.52. The lowest BCUT2D eigenvalue weighted by molar-refractivity contribution is 0.0943. The normalized spacial score (nSPS) is 10.8. The third-order valence-corrected chi connectivity index (χ3v) is 3.10. The summed E-state index contributed by atoms with van der Waals surface area (Å²) in [5.74, 6) is -0.207. The molecule has 2 heterocycles. The highest BCUT2D eigenvalue weighted by atomic mass is 16.2. The fourth-order valence-electron chi connectivity index (χ4n) is 2.08. The Morgan fingerprint density at radius 2 is 2.25 bits per heavy atom. The molecule has 0 aliphatic carbocycles. The minimum Gasteiger partial charge on any atom is -0.395 e. The highest BCUT2D eigenvalue weighted by molar-refractivity contribution is 5.97. The Bertz CT molecular complexity index is 612. The van der Waals surface area contributed by atoms with E-state index in [-0.39, 0.29) is 5.91 Å². The summed E-state index contributed by atoms with van der Waals surface area (Å²) in [6.45, 7) is 5.05. The Kier molecular flexibility index (Phi) is 4.07. The lowest BCUT2D eigenvalue weighted by Crippen LogP contribution is -2.29. The maximum absolute atomic E-state index is 12.1. The van der Waals surface area contributed by atoms with E-state index in [9.17, 15) is 4.79 Å². The van der Waals surface area contributed by atoms with Crippen LogP contribution in [-0.4, -0.2) is 32.0 Å². The monoisotopic (exact) mass is 276 g/mol. The molecule has 2 aromatic rings. The SMILES string of the molecule is CCc1nn(C)c(C(=O)NCCn2cc(C)cn2)c1N. The number of nitrogens with one attached hydrogen (secondary N) is 1.